The van der Waals surface area contributed by atoms with Crippen LogP contribution in [-0.2, 0) is 0 Å². The molecule has 0 radical (unpaired) electrons. The first-order valence-corrected chi connectivity index (χ1v) is 9.43. The zero-order valence-electron chi connectivity index (χ0n) is 15.6. The molecule has 5 nitrogen and oxygen atoms in total. The molecule has 2 bridgehead atoms. The molecule has 0 saturated heterocycles. The van der Waals surface area contributed by atoms with Crippen LogP contribution in [0.4, 0.5) is 0 Å². The summed E-state index contributed by atoms with van der Waals surface area (Å²) in [5, 5.41) is 43.4. The second-order valence-electron chi connectivity index (χ2n) is 10.2. The third-order valence-electron chi connectivity index (χ3n) is 8.52. The summed E-state index contributed by atoms with van der Waals surface area (Å²) in [6.45, 7) is 10.0. The smallest absolute Gasteiger partial charge is 0.0936 e. The van der Waals surface area contributed by atoms with E-state index < -0.39 is 28.8 Å². The lowest BCUT2D eigenvalue weighted by Gasteiger charge is -2.58. The minimum absolute atomic E-state index is 0. The largest absolute Gasteiger partial charge is 0.412 e. The average Bonchev–Trinajstić information content (AvgIpc) is 2.61. The lowest BCUT2D eigenvalue weighted by molar-refractivity contribution is -0.157. The molecule has 4 saturated carbocycles. The van der Waals surface area contributed by atoms with Crippen LogP contribution >= 0.6 is 0 Å². The molecule has 0 aliphatic heterocycles. The Bertz CT molecular complexity index is 581. The van der Waals surface area contributed by atoms with Crippen molar-refractivity contribution in [3.63, 3.8) is 0 Å². The first kappa shape index (κ1) is 19.3. The predicted octanol–water partition coefficient (Wildman–Crippen LogP) is 1.18. The maximum absolute atomic E-state index is 11.0. The Kier molecular flexibility index (Phi) is 4.09. The van der Waals surface area contributed by atoms with E-state index in [-0.39, 0.29) is 28.6 Å². The van der Waals surface area contributed by atoms with Crippen LogP contribution in [0.1, 0.15) is 59.3 Å². The second kappa shape index (κ2) is 5.29. The predicted molar refractivity (Wildman–Crippen MR) is 94.7 cm³/mol. The molecule has 4 aliphatic rings. The van der Waals surface area contributed by atoms with Gasteiger partial charge in [-0.25, -0.2) is 0 Å². The molecule has 0 aromatic heterocycles. The van der Waals surface area contributed by atoms with Gasteiger partial charge in [-0.05, 0) is 68.6 Å². The summed E-state index contributed by atoms with van der Waals surface area (Å²) in [5.74, 6) is 0.493. The van der Waals surface area contributed by atoms with Gasteiger partial charge in [-0.15, -0.1) is 0 Å². The minimum Gasteiger partial charge on any atom is -0.412 e. The number of hydrogen-bond acceptors (Lipinski definition) is 4. The standard InChI is InChI=1S/C20H32O4.H2O/c1-11-12-7-15(21)17(2,3)16(22)13(12)8-19-9-18(4,23)20(24,10-19)6-5-14(11)19;/h12-16,21-24H,1,5-10H2,2-4H3;1H2/t12-,13-,14+,15-,16-,18-,19-,20+;/m1./s1. The van der Waals surface area contributed by atoms with E-state index in [1.54, 1.807) is 6.92 Å². The van der Waals surface area contributed by atoms with Crippen molar-refractivity contribution in [3.05, 3.63) is 12.2 Å². The van der Waals surface area contributed by atoms with E-state index >= 15 is 0 Å². The van der Waals surface area contributed by atoms with Gasteiger partial charge in [0.25, 0.3) is 0 Å². The molecule has 0 aromatic rings. The monoisotopic (exact) mass is 354 g/mol. The van der Waals surface area contributed by atoms with Crippen molar-refractivity contribution in [2.75, 3.05) is 0 Å². The van der Waals surface area contributed by atoms with E-state index in [4.69, 9.17) is 0 Å². The van der Waals surface area contributed by atoms with Gasteiger partial charge in [0.1, 0.15) is 0 Å². The highest BCUT2D eigenvalue weighted by atomic mass is 16.4. The summed E-state index contributed by atoms with van der Waals surface area (Å²) in [7, 11) is 0. The highest BCUT2D eigenvalue weighted by Gasteiger charge is 2.69. The Morgan fingerprint density at radius 3 is 2.36 bits per heavy atom. The molecule has 4 rings (SSSR count). The summed E-state index contributed by atoms with van der Waals surface area (Å²) >= 11 is 0. The van der Waals surface area contributed by atoms with E-state index in [2.05, 4.69) is 6.58 Å². The fourth-order valence-corrected chi connectivity index (χ4v) is 6.94. The molecule has 0 heterocycles. The maximum atomic E-state index is 11.0. The van der Waals surface area contributed by atoms with E-state index in [9.17, 15) is 20.4 Å². The summed E-state index contributed by atoms with van der Waals surface area (Å²) in [5.41, 5.74) is -1.63. The van der Waals surface area contributed by atoms with Gasteiger partial charge >= 0.3 is 0 Å². The van der Waals surface area contributed by atoms with Gasteiger partial charge in [0.05, 0.1) is 23.4 Å². The fourth-order valence-electron chi connectivity index (χ4n) is 6.94. The minimum atomic E-state index is -1.07. The van der Waals surface area contributed by atoms with Crippen LogP contribution in [0, 0.1) is 28.6 Å². The summed E-state index contributed by atoms with van der Waals surface area (Å²) in [4.78, 5) is 0. The summed E-state index contributed by atoms with van der Waals surface area (Å²) in [6, 6.07) is 0. The molecule has 8 atom stereocenters. The van der Waals surface area contributed by atoms with Gasteiger partial charge in [-0.1, -0.05) is 26.0 Å². The summed E-state index contributed by atoms with van der Waals surface area (Å²) < 4.78 is 0. The number of hydrogen-bond donors (Lipinski definition) is 4. The van der Waals surface area contributed by atoms with Crippen molar-refractivity contribution < 1.29 is 25.9 Å². The van der Waals surface area contributed by atoms with Gasteiger partial charge in [0, 0.05) is 5.41 Å². The van der Waals surface area contributed by atoms with Gasteiger partial charge in [-0.3, -0.25) is 0 Å². The summed E-state index contributed by atoms with van der Waals surface area (Å²) in [6.07, 6.45) is 3.03. The Morgan fingerprint density at radius 1 is 1.08 bits per heavy atom. The number of aliphatic hydroxyl groups excluding tert-OH is 2. The van der Waals surface area contributed by atoms with E-state index in [1.807, 2.05) is 13.8 Å². The molecule has 0 aromatic carbocycles. The Labute approximate surface area is 150 Å². The highest BCUT2D eigenvalue weighted by molar-refractivity contribution is 5.28. The van der Waals surface area contributed by atoms with Crippen LogP contribution in [0.15, 0.2) is 12.2 Å². The quantitative estimate of drug-likeness (QED) is 0.489. The van der Waals surface area contributed by atoms with Crippen LogP contribution in [0.2, 0.25) is 0 Å². The first-order valence-electron chi connectivity index (χ1n) is 9.43. The third-order valence-corrected chi connectivity index (χ3v) is 8.52. The number of aliphatic hydroxyl groups is 4. The second-order valence-corrected chi connectivity index (χ2v) is 10.2. The van der Waals surface area contributed by atoms with Crippen molar-refractivity contribution in [1.82, 2.24) is 0 Å². The van der Waals surface area contributed by atoms with E-state index in [0.717, 1.165) is 18.4 Å². The van der Waals surface area contributed by atoms with Crippen molar-refractivity contribution >= 4 is 0 Å². The van der Waals surface area contributed by atoms with E-state index in [1.165, 1.54) is 0 Å². The molecule has 1 spiro atoms. The van der Waals surface area contributed by atoms with Crippen LogP contribution in [0.25, 0.3) is 0 Å². The molecule has 5 heteroatoms. The van der Waals surface area contributed by atoms with Gasteiger partial charge in [0.15, 0.2) is 0 Å². The topological polar surface area (TPSA) is 112 Å². The van der Waals surface area contributed by atoms with Crippen LogP contribution in [0.5, 0.6) is 0 Å². The van der Waals surface area contributed by atoms with Crippen molar-refractivity contribution in [2.45, 2.75) is 82.7 Å². The van der Waals surface area contributed by atoms with Crippen molar-refractivity contribution in [1.29, 1.82) is 0 Å². The number of fused-ring (bicyclic) bond motifs is 2. The Morgan fingerprint density at radius 2 is 1.72 bits per heavy atom. The first-order chi connectivity index (χ1) is 10.9. The molecule has 144 valence electrons. The molecular weight excluding hydrogens is 320 g/mol. The van der Waals surface area contributed by atoms with Crippen LogP contribution < -0.4 is 0 Å². The lowest BCUT2D eigenvalue weighted by atomic mass is 9.48. The lowest BCUT2D eigenvalue weighted by Crippen LogP contribution is -2.58. The van der Waals surface area contributed by atoms with Crippen molar-refractivity contribution in [3.8, 4) is 0 Å². The molecule has 0 unspecified atom stereocenters. The third kappa shape index (κ3) is 2.26. The number of rotatable bonds is 0. The Hall–Kier alpha value is -0.460. The zero-order valence-corrected chi connectivity index (χ0v) is 15.6. The maximum Gasteiger partial charge on any atom is 0.0936 e. The molecule has 25 heavy (non-hydrogen) atoms. The van der Waals surface area contributed by atoms with Gasteiger partial charge in [-0.2, -0.15) is 0 Å². The molecule has 4 fully saturated rings. The normalized spacial score (nSPS) is 56.6. The molecule has 4 aliphatic carbocycles. The molecule has 0 amide bonds. The molecule has 6 N–H and O–H groups in total. The average molecular weight is 354 g/mol. The fraction of sp³-hybridized carbons (Fsp3) is 0.900. The van der Waals surface area contributed by atoms with Crippen molar-refractivity contribution in [2.24, 2.45) is 28.6 Å². The molecular formula is C20H34O5. The SMILES string of the molecule is C=C1[C@H]2C[C@@H](O)C(C)(C)[C@H](O)[C@@H]2C[C@@]23C[C@@](O)(CC[C@@H]12)[C@](C)(O)C3.O. The van der Waals surface area contributed by atoms with Crippen LogP contribution in [-0.4, -0.2) is 49.3 Å². The Balaban J connectivity index is 0.00000182. The van der Waals surface area contributed by atoms with Crippen LogP contribution in [0.3, 0.4) is 0 Å². The number of allylic oxidation sites excluding steroid dienone is 1. The van der Waals surface area contributed by atoms with Gasteiger partial charge < -0.3 is 25.9 Å². The zero-order chi connectivity index (χ0) is 17.7. The highest BCUT2D eigenvalue weighted by Crippen LogP contribution is 2.69. The van der Waals surface area contributed by atoms with E-state index in [0.29, 0.717) is 25.7 Å². The van der Waals surface area contributed by atoms with Gasteiger partial charge in [0.2, 0.25) is 0 Å².